The quantitative estimate of drug-likeness (QED) is 0.214. The molecule has 2 aromatic carbocycles. The second kappa shape index (κ2) is 12.7. The highest BCUT2D eigenvalue weighted by Crippen LogP contribution is 2.71. The summed E-state index contributed by atoms with van der Waals surface area (Å²) >= 11 is 2.88. The molecule has 0 amide bonds. The average molecular weight is 682 g/mol. The van der Waals surface area contributed by atoms with Crippen LogP contribution in [0.3, 0.4) is 0 Å². The van der Waals surface area contributed by atoms with Gasteiger partial charge in [-0.05, 0) is 26.3 Å². The first kappa shape index (κ1) is 33.4. The third-order valence-corrected chi connectivity index (χ3v) is 12.6. The maximum atomic E-state index is 13.8. The fraction of sp³-hybridized carbons (Fsp3) is 0.303. The minimum Gasteiger partial charge on any atom is -0.466 e. The molecule has 0 atom stereocenters. The number of esters is 4. The van der Waals surface area contributed by atoms with E-state index in [1.54, 1.807) is 24.3 Å². The molecule has 3 heterocycles. The van der Waals surface area contributed by atoms with Gasteiger partial charge in [-0.15, -0.1) is 0 Å². The maximum Gasteiger partial charge on any atom is 0.345 e. The van der Waals surface area contributed by atoms with Gasteiger partial charge in [0.05, 0.1) is 46.1 Å². The zero-order chi connectivity index (χ0) is 33.6. The molecule has 10 nitrogen and oxygen atoms in total. The number of ketones is 1. The molecule has 5 rings (SSSR count). The van der Waals surface area contributed by atoms with Gasteiger partial charge in [0.15, 0.2) is 5.78 Å². The minimum absolute atomic E-state index is 0.000303. The largest absolute Gasteiger partial charge is 0.466 e. The number of benzene rings is 2. The van der Waals surface area contributed by atoms with E-state index in [0.29, 0.717) is 21.6 Å². The van der Waals surface area contributed by atoms with Crippen LogP contribution in [0.25, 0.3) is 5.57 Å². The fourth-order valence-corrected chi connectivity index (χ4v) is 10.8. The Morgan fingerprint density at radius 3 is 1.80 bits per heavy atom. The third kappa shape index (κ3) is 5.23. The van der Waals surface area contributed by atoms with Crippen LogP contribution in [0.15, 0.2) is 73.7 Å². The van der Waals surface area contributed by atoms with Crippen LogP contribution in [0, 0.1) is 6.92 Å². The average Bonchev–Trinajstić information content (AvgIpc) is 3.45. The summed E-state index contributed by atoms with van der Waals surface area (Å²) in [5.74, 6) is -3.39. The molecule has 0 saturated heterocycles. The number of para-hydroxylation sites is 1. The van der Waals surface area contributed by atoms with Crippen molar-refractivity contribution in [3.05, 3.63) is 90.4 Å². The van der Waals surface area contributed by atoms with Crippen LogP contribution in [0.1, 0.15) is 35.3 Å². The summed E-state index contributed by atoms with van der Waals surface area (Å²) in [6.45, 7) is 5.77. The molecular formula is C33H31NO9S3. The molecule has 3 aliphatic rings. The van der Waals surface area contributed by atoms with Gasteiger partial charge in [-0.2, -0.15) is 0 Å². The van der Waals surface area contributed by atoms with E-state index >= 15 is 0 Å². The molecular weight excluding hydrogens is 651 g/mol. The molecule has 0 aromatic heterocycles. The van der Waals surface area contributed by atoms with E-state index in [-0.39, 0.29) is 32.6 Å². The number of hydrogen-bond donors (Lipinski definition) is 0. The van der Waals surface area contributed by atoms with Crippen molar-refractivity contribution in [3.8, 4) is 0 Å². The van der Waals surface area contributed by atoms with E-state index in [1.807, 2.05) is 49.9 Å². The van der Waals surface area contributed by atoms with Gasteiger partial charge in [0.1, 0.15) is 18.8 Å². The lowest BCUT2D eigenvalue weighted by Crippen LogP contribution is -2.53. The van der Waals surface area contributed by atoms with Gasteiger partial charge in [-0.3, -0.25) is 4.79 Å². The van der Waals surface area contributed by atoms with Crippen molar-refractivity contribution in [1.82, 2.24) is 0 Å². The van der Waals surface area contributed by atoms with Crippen LogP contribution in [0.5, 0.6) is 0 Å². The summed E-state index contributed by atoms with van der Waals surface area (Å²) in [5.41, 5.74) is 2.30. The molecule has 0 radical (unpaired) electrons. The second-order valence-corrected chi connectivity index (χ2v) is 14.6. The van der Waals surface area contributed by atoms with E-state index in [0.717, 1.165) is 46.5 Å². The van der Waals surface area contributed by atoms with Crippen LogP contribution in [0.4, 0.5) is 5.69 Å². The molecule has 0 unspecified atom stereocenters. The zero-order valence-corrected chi connectivity index (χ0v) is 28.6. The zero-order valence-electron chi connectivity index (χ0n) is 26.2. The molecule has 0 bridgehead atoms. The first-order valence-corrected chi connectivity index (χ1v) is 16.4. The molecule has 0 saturated carbocycles. The lowest BCUT2D eigenvalue weighted by atomic mass is 9.82. The number of Topliss-reactive ketones (excluding diaryl/α,β-unsaturated/α-hetero) is 1. The minimum atomic E-state index is -1.60. The lowest BCUT2D eigenvalue weighted by molar-refractivity contribution is -0.138. The van der Waals surface area contributed by atoms with Crippen molar-refractivity contribution in [2.45, 2.75) is 30.4 Å². The maximum absolute atomic E-state index is 13.8. The second-order valence-electron chi connectivity index (χ2n) is 10.9. The number of carbonyl (C=O) groups excluding carboxylic acids is 5. The van der Waals surface area contributed by atoms with Gasteiger partial charge in [-0.25, -0.2) is 19.2 Å². The van der Waals surface area contributed by atoms with E-state index in [2.05, 4.69) is 0 Å². The first-order chi connectivity index (χ1) is 21.9. The number of carbonyl (C=O) groups is 5. The standard InChI is InChI=1S/C33H31NO9S3/c1-17-12-11-15-19-21-27(32(2,3)34(23(17)19)16-20(35)18-13-9-8-10-14-18)44-24(29(37)41-5)22(28(36)40-4)33(21)45-25(30(38)42-6)26(46-33)31(39)43-7/h8-15H,16H2,1-7H3. The number of thioether (sulfide) groups is 3. The van der Waals surface area contributed by atoms with Crippen LogP contribution in [-0.4, -0.2) is 74.3 Å². The Kier molecular flexibility index (Phi) is 9.22. The SMILES string of the molecule is COC(=O)C1=C(C(=O)OC)SC2(S1)C(C(=O)OC)=C(C(=O)OC)SC1=C2c2cccc(C)c2N(CC(=O)c2ccccc2)C1(C)C. The highest BCUT2D eigenvalue weighted by atomic mass is 32.2. The topological polar surface area (TPSA) is 126 Å². The van der Waals surface area contributed by atoms with Gasteiger partial charge in [0, 0.05) is 27.3 Å². The van der Waals surface area contributed by atoms with Gasteiger partial charge >= 0.3 is 23.9 Å². The number of rotatable bonds is 7. The predicted octanol–water partition coefficient (Wildman–Crippen LogP) is 5.27. The summed E-state index contributed by atoms with van der Waals surface area (Å²) in [5, 5.41) is 0. The Morgan fingerprint density at radius 2 is 1.26 bits per heavy atom. The number of ether oxygens (including phenoxy) is 4. The van der Waals surface area contributed by atoms with Crippen molar-refractivity contribution < 1.29 is 42.9 Å². The Bertz CT molecular complexity index is 1750. The Morgan fingerprint density at radius 1 is 0.717 bits per heavy atom. The molecule has 13 heteroatoms. The van der Waals surface area contributed by atoms with Crippen molar-refractivity contribution in [2.24, 2.45) is 0 Å². The van der Waals surface area contributed by atoms with Gasteiger partial charge < -0.3 is 23.8 Å². The molecule has 2 aromatic rings. The number of hydrogen-bond acceptors (Lipinski definition) is 13. The van der Waals surface area contributed by atoms with Gasteiger partial charge in [0.2, 0.25) is 0 Å². The van der Waals surface area contributed by atoms with E-state index in [4.69, 9.17) is 18.9 Å². The Hall–Kier alpha value is -3.94. The Balaban J connectivity index is 1.84. The predicted molar refractivity (Wildman–Crippen MR) is 178 cm³/mol. The monoisotopic (exact) mass is 681 g/mol. The van der Waals surface area contributed by atoms with Crippen molar-refractivity contribution in [3.63, 3.8) is 0 Å². The normalized spacial score (nSPS) is 17.8. The van der Waals surface area contributed by atoms with Gasteiger partial charge in [-0.1, -0.05) is 83.8 Å². The van der Waals surface area contributed by atoms with Crippen molar-refractivity contribution >= 4 is 76.2 Å². The van der Waals surface area contributed by atoms with Gasteiger partial charge in [0.25, 0.3) is 0 Å². The Labute approximate surface area is 278 Å². The fourth-order valence-electron chi connectivity index (χ4n) is 5.74. The van der Waals surface area contributed by atoms with Crippen LogP contribution in [0.2, 0.25) is 0 Å². The summed E-state index contributed by atoms with van der Waals surface area (Å²) in [6.07, 6.45) is 0. The summed E-state index contributed by atoms with van der Waals surface area (Å²) in [4.78, 5) is 69.7. The summed E-state index contributed by atoms with van der Waals surface area (Å²) in [7, 11) is 4.75. The first-order valence-electron chi connectivity index (χ1n) is 14.0. The van der Waals surface area contributed by atoms with Crippen LogP contribution >= 0.6 is 35.3 Å². The van der Waals surface area contributed by atoms with Crippen molar-refractivity contribution in [1.29, 1.82) is 0 Å². The number of aryl methyl sites for hydroxylation is 1. The molecule has 0 fully saturated rings. The molecule has 0 N–H and O–H groups in total. The van der Waals surface area contributed by atoms with E-state index in [1.165, 1.54) is 28.4 Å². The van der Waals surface area contributed by atoms with Crippen molar-refractivity contribution in [2.75, 3.05) is 39.9 Å². The summed E-state index contributed by atoms with van der Waals surface area (Å²) in [6, 6.07) is 14.6. The number of fused-ring (bicyclic) bond motifs is 3. The number of anilines is 1. The molecule has 1 spiro atoms. The number of nitrogens with zero attached hydrogens (tertiary/aromatic N) is 1. The molecule has 46 heavy (non-hydrogen) atoms. The highest BCUT2D eigenvalue weighted by molar-refractivity contribution is 8.26. The molecule has 3 aliphatic heterocycles. The third-order valence-electron chi connectivity index (χ3n) is 7.92. The summed E-state index contributed by atoms with van der Waals surface area (Å²) < 4.78 is 18.9. The van der Waals surface area contributed by atoms with E-state index < -0.39 is 33.5 Å². The smallest absolute Gasteiger partial charge is 0.345 e. The lowest BCUT2D eigenvalue weighted by Gasteiger charge is -2.52. The van der Waals surface area contributed by atoms with Crippen LogP contribution in [-0.2, 0) is 38.1 Å². The molecule has 240 valence electrons. The molecule has 0 aliphatic carbocycles. The number of methoxy groups -OCH3 is 4. The van der Waals surface area contributed by atoms with E-state index in [9.17, 15) is 24.0 Å². The van der Waals surface area contributed by atoms with Crippen LogP contribution < -0.4 is 4.90 Å². The highest BCUT2D eigenvalue weighted by Gasteiger charge is 2.61.